The first-order valence-corrected chi connectivity index (χ1v) is 10.5. The molecule has 2 aromatic carbocycles. The lowest BCUT2D eigenvalue weighted by Crippen LogP contribution is -2.50. The maximum Gasteiger partial charge on any atom is 0.207 e. The lowest BCUT2D eigenvalue weighted by atomic mass is 9.75. The molecule has 4 rings (SSSR count). The van der Waals surface area contributed by atoms with Crippen molar-refractivity contribution in [2.75, 3.05) is 12.8 Å². The summed E-state index contributed by atoms with van der Waals surface area (Å²) in [6, 6.07) is 20.2. The van der Waals surface area contributed by atoms with Gasteiger partial charge in [-0.3, -0.25) is 0 Å². The maximum atomic E-state index is 6.15. The zero-order valence-electron chi connectivity index (χ0n) is 15.6. The molecule has 5 nitrogen and oxygen atoms in total. The zero-order chi connectivity index (χ0) is 19.8. The number of hydrogen-bond acceptors (Lipinski definition) is 6. The van der Waals surface area contributed by atoms with E-state index in [1.54, 1.807) is 7.11 Å². The van der Waals surface area contributed by atoms with Crippen LogP contribution < -0.4 is 5.73 Å². The Kier molecular flexibility index (Phi) is 5.28. The smallest absolute Gasteiger partial charge is 0.207 e. The average Bonchev–Trinajstić information content (AvgIpc) is 3.07. The van der Waals surface area contributed by atoms with Crippen LogP contribution in [0, 0.1) is 0 Å². The van der Waals surface area contributed by atoms with Gasteiger partial charge in [0.1, 0.15) is 0 Å². The van der Waals surface area contributed by atoms with Crippen LogP contribution in [0.15, 0.2) is 64.5 Å². The van der Waals surface area contributed by atoms with Crippen LogP contribution in [0.2, 0.25) is 0 Å². The second-order valence-electron chi connectivity index (χ2n) is 6.91. The highest BCUT2D eigenvalue weighted by Gasteiger charge is 2.54. The molecule has 2 heterocycles. The van der Waals surface area contributed by atoms with Crippen LogP contribution >= 0.6 is 27.3 Å². The number of methoxy groups -OCH3 is 1. The van der Waals surface area contributed by atoms with E-state index in [-0.39, 0.29) is 5.92 Å². The van der Waals surface area contributed by atoms with Gasteiger partial charge < -0.3 is 10.5 Å². The van der Waals surface area contributed by atoms with Crippen molar-refractivity contribution in [3.05, 3.63) is 81.3 Å². The number of halogens is 1. The zero-order valence-corrected chi connectivity index (χ0v) is 18.0. The summed E-state index contributed by atoms with van der Waals surface area (Å²) in [6.07, 6.45) is 0.577. The van der Waals surface area contributed by atoms with Crippen molar-refractivity contribution < 1.29 is 14.5 Å². The number of anilines is 1. The molecule has 0 bridgehead atoms. The van der Waals surface area contributed by atoms with E-state index in [4.69, 9.17) is 20.2 Å². The van der Waals surface area contributed by atoms with Gasteiger partial charge in [-0.2, -0.15) is 4.89 Å². The summed E-state index contributed by atoms with van der Waals surface area (Å²) in [5.74, 6) is -1.22. The van der Waals surface area contributed by atoms with Gasteiger partial charge >= 0.3 is 0 Å². The molecule has 0 saturated carbocycles. The Bertz CT molecular complexity index is 911. The predicted molar refractivity (Wildman–Crippen MR) is 113 cm³/mol. The first kappa shape index (κ1) is 19.5. The molecule has 0 radical (unpaired) electrons. The third-order valence-corrected chi connectivity index (χ3v) is 6.90. The summed E-state index contributed by atoms with van der Waals surface area (Å²) >= 11 is 5.00. The van der Waals surface area contributed by atoms with E-state index in [0.29, 0.717) is 11.6 Å². The molecule has 3 aromatic rings. The number of thiazole rings is 1. The summed E-state index contributed by atoms with van der Waals surface area (Å²) in [6.45, 7) is 1.86. The molecule has 1 aliphatic rings. The quantitative estimate of drug-likeness (QED) is 0.539. The van der Waals surface area contributed by atoms with Gasteiger partial charge in [-0.1, -0.05) is 72.0 Å². The number of aromatic nitrogens is 1. The fraction of sp³-hybridized carbons (Fsp3) is 0.286. The van der Waals surface area contributed by atoms with E-state index in [1.807, 2.05) is 67.6 Å². The molecule has 0 amide bonds. The molecule has 1 aliphatic heterocycles. The average molecular weight is 461 g/mol. The Morgan fingerprint density at radius 2 is 1.64 bits per heavy atom. The second-order valence-corrected chi connectivity index (χ2v) is 9.26. The lowest BCUT2D eigenvalue weighted by molar-refractivity contribution is -0.487. The third-order valence-electron chi connectivity index (χ3n) is 5.32. The van der Waals surface area contributed by atoms with Crippen LogP contribution in [0.4, 0.5) is 5.13 Å². The molecule has 0 aliphatic carbocycles. The maximum absolute atomic E-state index is 6.15. The van der Waals surface area contributed by atoms with Gasteiger partial charge in [0.25, 0.3) is 0 Å². The Morgan fingerprint density at radius 3 is 2.11 bits per heavy atom. The van der Waals surface area contributed by atoms with E-state index in [2.05, 4.69) is 20.9 Å². The van der Waals surface area contributed by atoms with Crippen LogP contribution in [0.25, 0.3) is 0 Å². The number of ether oxygens (including phenoxy) is 1. The third kappa shape index (κ3) is 3.27. The van der Waals surface area contributed by atoms with Crippen molar-refractivity contribution >= 4 is 32.4 Å². The minimum absolute atomic E-state index is 0.213. The Morgan fingerprint density at radius 1 is 1.07 bits per heavy atom. The molecule has 2 atom stereocenters. The Balaban J connectivity index is 1.88. The minimum atomic E-state index is -1.00. The molecule has 2 N–H and O–H groups in total. The van der Waals surface area contributed by atoms with Gasteiger partial charge in [0.15, 0.2) is 10.7 Å². The first-order chi connectivity index (χ1) is 13.5. The lowest BCUT2D eigenvalue weighted by Gasteiger charge is -2.47. The molecule has 1 fully saturated rings. The number of hydrogen-bond donors (Lipinski definition) is 1. The largest absolute Gasteiger partial charge is 0.375 e. The summed E-state index contributed by atoms with van der Waals surface area (Å²) < 4.78 is 6.60. The number of nitrogens with zero attached hydrogens (tertiary/aromatic N) is 1. The first-order valence-electron chi connectivity index (χ1n) is 8.93. The summed E-state index contributed by atoms with van der Waals surface area (Å²) in [4.78, 5) is 16.7. The van der Waals surface area contributed by atoms with Gasteiger partial charge in [0, 0.05) is 13.5 Å². The van der Waals surface area contributed by atoms with E-state index >= 15 is 0 Å². The molecule has 7 heteroatoms. The van der Waals surface area contributed by atoms with Crippen LogP contribution in [0.3, 0.4) is 0 Å². The molecule has 28 heavy (non-hydrogen) atoms. The van der Waals surface area contributed by atoms with Gasteiger partial charge in [0.2, 0.25) is 5.79 Å². The molecular formula is C21H21BrN2O3S. The van der Waals surface area contributed by atoms with Crippen molar-refractivity contribution in [3.63, 3.8) is 0 Å². The van der Waals surface area contributed by atoms with Crippen molar-refractivity contribution in [2.45, 2.75) is 30.7 Å². The van der Waals surface area contributed by atoms with Crippen molar-refractivity contribution in [1.29, 1.82) is 0 Å². The highest BCUT2D eigenvalue weighted by Crippen LogP contribution is 2.53. The molecule has 146 valence electrons. The highest BCUT2D eigenvalue weighted by molar-refractivity contribution is 9.11. The van der Waals surface area contributed by atoms with Crippen molar-refractivity contribution in [2.24, 2.45) is 0 Å². The topological polar surface area (TPSA) is 66.6 Å². The van der Waals surface area contributed by atoms with Crippen LogP contribution in [0.5, 0.6) is 0 Å². The fourth-order valence-electron chi connectivity index (χ4n) is 3.70. The van der Waals surface area contributed by atoms with E-state index < -0.39 is 11.4 Å². The van der Waals surface area contributed by atoms with Gasteiger partial charge in [-0.05, 0) is 34.0 Å². The van der Waals surface area contributed by atoms with Gasteiger partial charge in [-0.25, -0.2) is 9.87 Å². The fourth-order valence-corrected chi connectivity index (χ4v) is 5.18. The molecular weight excluding hydrogens is 440 g/mol. The van der Waals surface area contributed by atoms with Crippen molar-refractivity contribution in [3.8, 4) is 0 Å². The summed E-state index contributed by atoms with van der Waals surface area (Å²) in [5.41, 5.74) is 7.99. The number of rotatable bonds is 4. The minimum Gasteiger partial charge on any atom is -0.375 e. The Hall–Kier alpha value is -1.77. The Labute approximate surface area is 176 Å². The van der Waals surface area contributed by atoms with Gasteiger partial charge in [-0.15, -0.1) is 0 Å². The molecule has 1 aromatic heterocycles. The highest BCUT2D eigenvalue weighted by atomic mass is 79.9. The van der Waals surface area contributed by atoms with Crippen LogP contribution in [-0.2, 0) is 20.1 Å². The summed E-state index contributed by atoms with van der Waals surface area (Å²) in [7, 11) is 1.61. The van der Waals surface area contributed by atoms with Crippen LogP contribution in [0.1, 0.15) is 36.1 Å². The second kappa shape index (κ2) is 7.57. The molecule has 1 saturated heterocycles. The standard InChI is InChI=1S/C21H21BrN2O3S/c1-20(25-2)16(17-18(22)28-19(23)24-17)13-21(27-26-20,14-9-5-3-6-10-14)15-11-7-4-8-12-15/h3-12,16H,13H2,1-2H3,(H2,23,24). The van der Waals surface area contributed by atoms with Crippen molar-refractivity contribution in [1.82, 2.24) is 4.98 Å². The van der Waals surface area contributed by atoms with Gasteiger partial charge in [0.05, 0.1) is 15.4 Å². The number of benzene rings is 2. The van der Waals surface area contributed by atoms with E-state index in [9.17, 15) is 0 Å². The number of nitrogens with two attached hydrogens (primary N) is 1. The normalized spacial score (nSPS) is 24.2. The van der Waals surface area contributed by atoms with E-state index in [1.165, 1.54) is 11.3 Å². The monoisotopic (exact) mass is 460 g/mol. The summed E-state index contributed by atoms with van der Waals surface area (Å²) in [5, 5.41) is 0.497. The number of nitrogen functional groups attached to an aromatic ring is 1. The van der Waals surface area contributed by atoms with Crippen LogP contribution in [-0.4, -0.2) is 17.9 Å². The molecule has 2 unspecified atom stereocenters. The predicted octanol–water partition coefficient (Wildman–Crippen LogP) is 5.23. The molecule has 0 spiro atoms. The van der Waals surface area contributed by atoms with E-state index in [0.717, 1.165) is 20.6 Å². The SMILES string of the molecule is COC1(C)OOC(c2ccccc2)(c2ccccc2)CC1c1nc(N)sc1Br.